The molecule has 1 aliphatic rings. The van der Waals surface area contributed by atoms with E-state index in [1.165, 1.54) is 29.5 Å². The van der Waals surface area contributed by atoms with Crippen molar-refractivity contribution in [3.8, 4) is 0 Å². The summed E-state index contributed by atoms with van der Waals surface area (Å²) in [4.78, 5) is 2.94. The van der Waals surface area contributed by atoms with E-state index in [1.807, 2.05) is 30.5 Å². The van der Waals surface area contributed by atoms with E-state index in [-0.39, 0.29) is 6.04 Å². The number of nitrogens with one attached hydrogen (secondary N) is 1. The van der Waals surface area contributed by atoms with Gasteiger partial charge in [0.2, 0.25) is 0 Å². The zero-order valence-electron chi connectivity index (χ0n) is 11.5. The van der Waals surface area contributed by atoms with Gasteiger partial charge in [-0.15, -0.1) is 11.3 Å². The normalized spacial score (nSPS) is 15.7. The largest absolute Gasteiger partial charge is 0.459 e. The van der Waals surface area contributed by atoms with E-state index in [0.29, 0.717) is 0 Å². The highest BCUT2D eigenvalue weighted by Crippen LogP contribution is 2.37. The van der Waals surface area contributed by atoms with Crippen LogP contribution >= 0.6 is 11.3 Å². The lowest BCUT2D eigenvalue weighted by Crippen LogP contribution is -2.15. The number of thiophene rings is 1. The summed E-state index contributed by atoms with van der Waals surface area (Å²) in [5.41, 5.74) is 2.51. The molecule has 1 N–H and O–H groups in total. The van der Waals surface area contributed by atoms with Crippen LogP contribution in [0.3, 0.4) is 0 Å². The van der Waals surface area contributed by atoms with Gasteiger partial charge in [-0.2, -0.15) is 0 Å². The van der Waals surface area contributed by atoms with Crippen molar-refractivity contribution in [1.29, 1.82) is 0 Å². The highest BCUT2D eigenvalue weighted by Gasteiger charge is 2.22. The second kappa shape index (κ2) is 4.76. The molecule has 3 aromatic rings. The molecule has 2 nitrogen and oxygen atoms in total. The van der Waals surface area contributed by atoms with E-state index in [1.54, 1.807) is 10.4 Å². The summed E-state index contributed by atoms with van der Waals surface area (Å²) < 4.78 is 6.02. The van der Waals surface area contributed by atoms with Gasteiger partial charge in [0.1, 0.15) is 17.4 Å². The number of hydrogen-bond acceptors (Lipinski definition) is 3. The Balaban J connectivity index is 1.76. The zero-order valence-corrected chi connectivity index (χ0v) is 12.3. The van der Waals surface area contributed by atoms with Crippen molar-refractivity contribution in [1.82, 2.24) is 5.32 Å². The topological polar surface area (TPSA) is 25.2 Å². The molecule has 0 spiro atoms. The van der Waals surface area contributed by atoms with Crippen LogP contribution in [0.25, 0.3) is 11.0 Å². The maximum atomic E-state index is 6.02. The number of aryl methyl sites for hydroxylation is 2. The molecule has 3 heteroatoms. The molecule has 1 aliphatic carbocycles. The van der Waals surface area contributed by atoms with E-state index >= 15 is 0 Å². The summed E-state index contributed by atoms with van der Waals surface area (Å²) in [5, 5.41) is 4.57. The Morgan fingerprint density at radius 3 is 2.90 bits per heavy atom. The number of hydrogen-bond donors (Lipinski definition) is 1. The van der Waals surface area contributed by atoms with Gasteiger partial charge in [-0.1, -0.05) is 18.2 Å². The second-order valence-electron chi connectivity index (χ2n) is 5.36. The second-order valence-corrected chi connectivity index (χ2v) is 6.53. The minimum Gasteiger partial charge on any atom is -0.459 e. The van der Waals surface area contributed by atoms with Crippen molar-refractivity contribution in [2.75, 3.05) is 7.05 Å². The molecule has 0 saturated heterocycles. The SMILES string of the molecule is CNC(c1cc2ccccc2o1)c1cc2c(s1)CCC2. The first-order valence-corrected chi connectivity index (χ1v) is 7.94. The minimum atomic E-state index is 0.165. The Bertz CT molecular complexity index is 701. The summed E-state index contributed by atoms with van der Waals surface area (Å²) in [7, 11) is 2.00. The first kappa shape index (κ1) is 12.2. The van der Waals surface area contributed by atoms with Gasteiger partial charge in [0.25, 0.3) is 0 Å². The Morgan fingerprint density at radius 2 is 2.10 bits per heavy atom. The number of para-hydroxylation sites is 1. The van der Waals surface area contributed by atoms with Crippen molar-refractivity contribution >= 4 is 22.3 Å². The number of fused-ring (bicyclic) bond motifs is 2. The first-order chi connectivity index (χ1) is 9.85. The summed E-state index contributed by atoms with van der Waals surface area (Å²) in [6, 6.07) is 12.9. The molecule has 0 saturated carbocycles. The third kappa shape index (κ3) is 1.89. The van der Waals surface area contributed by atoms with Crippen molar-refractivity contribution in [3.63, 3.8) is 0 Å². The lowest BCUT2D eigenvalue weighted by molar-refractivity contribution is 0.495. The molecule has 2 aromatic heterocycles. The standard InChI is InChI=1S/C17H17NOS/c1-18-17(16-10-12-6-4-8-15(12)20-16)14-9-11-5-2-3-7-13(11)19-14/h2-3,5,7,9-10,17-18H,4,6,8H2,1H3. The lowest BCUT2D eigenvalue weighted by Gasteiger charge is -2.11. The highest BCUT2D eigenvalue weighted by atomic mass is 32.1. The molecule has 102 valence electrons. The van der Waals surface area contributed by atoms with Crippen LogP contribution in [0.1, 0.15) is 33.5 Å². The van der Waals surface area contributed by atoms with Crippen molar-refractivity contribution < 1.29 is 4.42 Å². The molecule has 20 heavy (non-hydrogen) atoms. The van der Waals surface area contributed by atoms with Gasteiger partial charge >= 0.3 is 0 Å². The molecule has 2 heterocycles. The maximum Gasteiger partial charge on any atom is 0.134 e. The van der Waals surface area contributed by atoms with Gasteiger partial charge in [0.15, 0.2) is 0 Å². The summed E-state index contributed by atoms with van der Waals surface area (Å²) in [5.74, 6) is 1.01. The fourth-order valence-electron chi connectivity index (χ4n) is 3.06. The third-order valence-electron chi connectivity index (χ3n) is 4.07. The maximum absolute atomic E-state index is 6.02. The van der Waals surface area contributed by atoms with Gasteiger partial charge in [-0.25, -0.2) is 0 Å². The smallest absolute Gasteiger partial charge is 0.134 e. The fourth-order valence-corrected chi connectivity index (χ4v) is 4.44. The first-order valence-electron chi connectivity index (χ1n) is 7.12. The Kier molecular flexibility index (Phi) is 2.90. The van der Waals surface area contributed by atoms with Gasteiger partial charge in [-0.3, -0.25) is 0 Å². The molecule has 0 radical (unpaired) electrons. The number of benzene rings is 1. The van der Waals surface area contributed by atoms with Gasteiger partial charge in [-0.05, 0) is 50.1 Å². The van der Waals surface area contributed by atoms with Gasteiger partial charge in [0, 0.05) is 15.1 Å². The molecular weight excluding hydrogens is 266 g/mol. The van der Waals surface area contributed by atoms with Crippen LogP contribution in [0.4, 0.5) is 0 Å². The fraction of sp³-hybridized carbons (Fsp3) is 0.294. The predicted octanol–water partition coefficient (Wildman–Crippen LogP) is 4.29. The highest BCUT2D eigenvalue weighted by molar-refractivity contribution is 7.12. The van der Waals surface area contributed by atoms with E-state index in [9.17, 15) is 0 Å². The van der Waals surface area contributed by atoms with Crippen LogP contribution in [-0.4, -0.2) is 7.05 Å². The van der Waals surface area contributed by atoms with Crippen LogP contribution in [-0.2, 0) is 12.8 Å². The van der Waals surface area contributed by atoms with Crippen LogP contribution in [0, 0.1) is 0 Å². The van der Waals surface area contributed by atoms with Crippen LogP contribution in [0.15, 0.2) is 40.8 Å². The number of furan rings is 1. The lowest BCUT2D eigenvalue weighted by atomic mass is 10.1. The molecule has 4 rings (SSSR count). The molecule has 1 unspecified atom stereocenters. The third-order valence-corrected chi connectivity index (χ3v) is 5.37. The van der Waals surface area contributed by atoms with E-state index in [0.717, 1.165) is 11.3 Å². The van der Waals surface area contributed by atoms with E-state index in [4.69, 9.17) is 4.42 Å². The Morgan fingerprint density at radius 1 is 1.20 bits per heavy atom. The summed E-state index contributed by atoms with van der Waals surface area (Å²) in [6.45, 7) is 0. The average molecular weight is 283 g/mol. The minimum absolute atomic E-state index is 0.165. The molecular formula is C17H17NOS. The van der Waals surface area contributed by atoms with E-state index in [2.05, 4.69) is 29.6 Å². The van der Waals surface area contributed by atoms with Gasteiger partial charge < -0.3 is 9.73 Å². The van der Waals surface area contributed by atoms with Crippen LogP contribution in [0.5, 0.6) is 0 Å². The summed E-state index contributed by atoms with van der Waals surface area (Å²) >= 11 is 1.94. The van der Waals surface area contributed by atoms with Crippen LogP contribution in [0.2, 0.25) is 0 Å². The summed E-state index contributed by atoms with van der Waals surface area (Å²) in [6.07, 6.45) is 3.80. The van der Waals surface area contributed by atoms with Gasteiger partial charge in [0.05, 0.1) is 0 Å². The Hall–Kier alpha value is -1.58. The monoisotopic (exact) mass is 283 g/mol. The average Bonchev–Trinajstić information content (AvgIpc) is 3.12. The quantitative estimate of drug-likeness (QED) is 0.775. The van der Waals surface area contributed by atoms with E-state index < -0.39 is 0 Å². The molecule has 0 bridgehead atoms. The number of rotatable bonds is 3. The molecule has 1 aromatic carbocycles. The van der Waals surface area contributed by atoms with Crippen molar-refractivity contribution in [2.24, 2.45) is 0 Å². The van der Waals surface area contributed by atoms with Crippen molar-refractivity contribution in [3.05, 3.63) is 57.5 Å². The molecule has 1 atom stereocenters. The van der Waals surface area contributed by atoms with Crippen LogP contribution < -0.4 is 5.32 Å². The zero-order chi connectivity index (χ0) is 13.5. The molecule has 0 aliphatic heterocycles. The predicted molar refractivity (Wildman–Crippen MR) is 83.5 cm³/mol. The molecule has 0 amide bonds. The van der Waals surface area contributed by atoms with Crippen molar-refractivity contribution in [2.45, 2.75) is 25.3 Å². The molecule has 0 fully saturated rings. The Labute approximate surface area is 122 Å².